The summed E-state index contributed by atoms with van der Waals surface area (Å²) in [6.07, 6.45) is -39.2. The first-order valence-corrected chi connectivity index (χ1v) is 26.9. The summed E-state index contributed by atoms with van der Waals surface area (Å²) in [5.74, 6) is -1.07. The Morgan fingerprint density at radius 2 is 0.962 bits per heavy atom. The van der Waals surface area contributed by atoms with Crippen LogP contribution < -0.4 is 0 Å². The molecular formula is C50H80O28. The molecule has 448 valence electrons. The van der Waals surface area contributed by atoms with Gasteiger partial charge in [0.1, 0.15) is 122 Å². The molecule has 0 aromatic carbocycles. The van der Waals surface area contributed by atoms with Crippen LogP contribution in [0.3, 0.4) is 0 Å². The Bertz CT molecular complexity index is 2070. The van der Waals surface area contributed by atoms with Crippen LogP contribution in [0.1, 0.15) is 71.6 Å². The highest BCUT2D eigenvalue weighted by molar-refractivity contribution is 5.77. The number of carbonyl (C=O) groups excluding carboxylic acids is 1. The average Bonchev–Trinajstić information content (AvgIpc) is 3.54. The normalized spacial score (nSPS) is 54.5. The minimum atomic E-state index is -1.99. The molecule has 5 aliphatic heterocycles. The van der Waals surface area contributed by atoms with E-state index in [9.17, 15) is 91.6 Å². The number of aliphatic hydroxyl groups is 17. The van der Waals surface area contributed by atoms with Gasteiger partial charge in [-0.3, -0.25) is 4.79 Å². The van der Waals surface area contributed by atoms with Crippen LogP contribution in [0.2, 0.25) is 0 Å². The third-order valence-corrected chi connectivity index (χ3v) is 19.2. The molecule has 4 saturated carbocycles. The maximum atomic E-state index is 14.7. The van der Waals surface area contributed by atoms with Gasteiger partial charge < -0.3 is 134 Å². The van der Waals surface area contributed by atoms with E-state index in [0.29, 0.717) is 63.4 Å². The first-order chi connectivity index (χ1) is 36.8. The van der Waals surface area contributed by atoms with Crippen LogP contribution in [0.5, 0.6) is 0 Å². The lowest BCUT2D eigenvalue weighted by Crippen LogP contribution is -2.68. The van der Waals surface area contributed by atoms with Gasteiger partial charge in [0, 0.05) is 0 Å². The number of fused-ring (bicyclic) bond motifs is 3. The summed E-state index contributed by atoms with van der Waals surface area (Å²) in [6.45, 7) is 4.59. The van der Waals surface area contributed by atoms with Crippen molar-refractivity contribution in [2.75, 3.05) is 33.0 Å². The Morgan fingerprint density at radius 1 is 0.513 bits per heavy atom. The summed E-state index contributed by atoms with van der Waals surface area (Å²) in [5, 5.41) is 180. The second-order valence-corrected chi connectivity index (χ2v) is 23.7. The molecular weight excluding hydrogens is 1050 g/mol. The van der Waals surface area contributed by atoms with Crippen molar-refractivity contribution in [3.8, 4) is 0 Å². The molecule has 9 fully saturated rings. The Balaban J connectivity index is 0.933. The molecule has 78 heavy (non-hydrogen) atoms. The minimum Gasteiger partial charge on any atom is -0.432 e. The standard InChI is InChI=1S/C50H80O28/c1-18-11-49-9-5-24-47(2,7-4-8-48(24,3)46(68)77-44-38(67)34(63)29(58)23(74-44)16-69-41-35(64)31(60)26(55)19(12-51)70-41)25(49)6-10-50(18,17-49)78-45-40(76-43-37(66)33(62)28(57)21(14-53)72-43)39(30(59)22(15-54)73-45)75-42-36(65)32(61)27(56)20(13-52)71-42/h19-45,51-67H,1,4-17H2,2-3H3/t19?,20?,21?,22?,23?,24-,25-,26+,27+,28+,29+,30+,31-,32-,33-,34-,35?,36?,37?,38?,39-,40?,41-,42-,43-,44-,45-,47+,48+,49+,50-/m0/s1. The second kappa shape index (κ2) is 23.3. The molecule has 17 N–H and O–H groups in total. The molecule has 28 heteroatoms. The molecule has 31 atom stereocenters. The molecule has 0 radical (unpaired) electrons. The topological polar surface area (TPSA) is 453 Å². The molecule has 0 aromatic rings. The highest BCUT2D eigenvalue weighted by Crippen LogP contribution is 2.74. The van der Waals surface area contributed by atoms with Crippen LogP contribution in [0.4, 0.5) is 0 Å². The van der Waals surface area contributed by atoms with Crippen LogP contribution in [0.25, 0.3) is 0 Å². The van der Waals surface area contributed by atoms with Crippen molar-refractivity contribution in [1.82, 2.24) is 0 Å². The first-order valence-electron chi connectivity index (χ1n) is 26.9. The van der Waals surface area contributed by atoms with Gasteiger partial charge in [-0.25, -0.2) is 0 Å². The molecule has 9 aliphatic rings. The zero-order valence-electron chi connectivity index (χ0n) is 43.3. The van der Waals surface area contributed by atoms with E-state index in [4.69, 9.17) is 47.4 Å². The van der Waals surface area contributed by atoms with E-state index in [1.165, 1.54) is 0 Å². The van der Waals surface area contributed by atoms with Crippen molar-refractivity contribution in [2.24, 2.45) is 28.1 Å². The van der Waals surface area contributed by atoms with Crippen LogP contribution in [-0.2, 0) is 52.2 Å². The number of ether oxygens (including phenoxy) is 10. The van der Waals surface area contributed by atoms with Gasteiger partial charge >= 0.3 is 5.97 Å². The predicted octanol–water partition coefficient (Wildman–Crippen LogP) is -7.29. The van der Waals surface area contributed by atoms with Crippen LogP contribution >= 0.6 is 0 Å². The lowest BCUT2D eigenvalue weighted by atomic mass is 9.41. The fourth-order valence-corrected chi connectivity index (χ4v) is 14.9. The van der Waals surface area contributed by atoms with Gasteiger partial charge in [0.25, 0.3) is 0 Å². The van der Waals surface area contributed by atoms with Crippen molar-refractivity contribution in [3.63, 3.8) is 0 Å². The molecule has 2 bridgehead atoms. The van der Waals surface area contributed by atoms with E-state index in [1.54, 1.807) is 6.92 Å². The third kappa shape index (κ3) is 10.4. The Hall–Kier alpha value is -1.83. The zero-order valence-corrected chi connectivity index (χ0v) is 43.3. The quantitative estimate of drug-likeness (QED) is 0.0411. The SMILES string of the molecule is C=C1C[C@@]23CC[C@H]4[C@@](C)(CCC[C@@]4(C)C(=O)O[C@@H]4OC(CO[C@H]5OC(CO)[C@@H](O)[C@H](O)C5O)[C@@H](O)[C@H](O)C4O)[C@@H]2CC[C@]1(O[C@@H]1OC(CO)[C@@H](O)[C@H](O[C@@H]2OC(CO)[C@@H](O)[C@H](O)C2O)C1O[C@@H]1OC(CO)[C@@H](O)[C@H](O)C1O)C3. The number of esters is 1. The maximum Gasteiger partial charge on any atom is 0.314 e. The Kier molecular flexibility index (Phi) is 18.2. The summed E-state index contributed by atoms with van der Waals surface area (Å²) in [6, 6.07) is 0. The van der Waals surface area contributed by atoms with Gasteiger partial charge in [-0.15, -0.1) is 0 Å². The molecule has 28 nitrogen and oxygen atoms in total. The molecule has 4 aliphatic carbocycles. The van der Waals surface area contributed by atoms with E-state index >= 15 is 0 Å². The van der Waals surface area contributed by atoms with Crippen LogP contribution in [0, 0.1) is 28.1 Å². The number of hydrogen-bond acceptors (Lipinski definition) is 28. The lowest BCUT2D eigenvalue weighted by molar-refractivity contribution is -0.400. The highest BCUT2D eigenvalue weighted by Gasteiger charge is 2.70. The van der Waals surface area contributed by atoms with Crippen LogP contribution in [-0.4, -0.2) is 285 Å². The van der Waals surface area contributed by atoms with E-state index in [1.807, 2.05) is 0 Å². The van der Waals surface area contributed by atoms with Crippen molar-refractivity contribution in [1.29, 1.82) is 0 Å². The molecule has 0 aromatic heterocycles. The minimum absolute atomic E-state index is 0.0488. The van der Waals surface area contributed by atoms with E-state index in [0.717, 1.165) is 0 Å². The average molecular weight is 1130 g/mol. The maximum absolute atomic E-state index is 14.7. The van der Waals surface area contributed by atoms with E-state index in [-0.39, 0.29) is 11.8 Å². The fraction of sp³-hybridized carbons (Fsp3) is 0.940. The van der Waals surface area contributed by atoms with E-state index < -0.39 is 214 Å². The highest BCUT2D eigenvalue weighted by atomic mass is 16.8. The summed E-state index contributed by atoms with van der Waals surface area (Å²) in [4.78, 5) is 14.7. The monoisotopic (exact) mass is 1130 g/mol. The first kappa shape index (κ1) is 60.8. The van der Waals surface area contributed by atoms with Gasteiger partial charge in [-0.2, -0.15) is 0 Å². The fourth-order valence-electron chi connectivity index (χ4n) is 14.9. The summed E-state index contributed by atoms with van der Waals surface area (Å²) >= 11 is 0. The van der Waals surface area contributed by atoms with Gasteiger partial charge in [-0.1, -0.05) is 19.9 Å². The van der Waals surface area contributed by atoms with Crippen LogP contribution in [0.15, 0.2) is 12.2 Å². The largest absolute Gasteiger partial charge is 0.432 e. The predicted molar refractivity (Wildman–Crippen MR) is 252 cm³/mol. The van der Waals surface area contributed by atoms with Gasteiger partial charge in [0.05, 0.1) is 44.1 Å². The van der Waals surface area contributed by atoms with Crippen molar-refractivity contribution in [2.45, 2.75) is 231 Å². The molecule has 5 heterocycles. The van der Waals surface area contributed by atoms with Gasteiger partial charge in [0.15, 0.2) is 25.2 Å². The number of hydrogen-bond donors (Lipinski definition) is 17. The third-order valence-electron chi connectivity index (χ3n) is 19.2. The number of rotatable bonds is 15. The number of carbonyl (C=O) groups is 1. The Morgan fingerprint density at radius 3 is 1.51 bits per heavy atom. The molecule has 9 rings (SSSR count). The second-order valence-electron chi connectivity index (χ2n) is 23.7. The van der Waals surface area contributed by atoms with Gasteiger partial charge in [-0.05, 0) is 86.5 Å². The van der Waals surface area contributed by atoms with Crippen molar-refractivity contribution < 1.29 is 139 Å². The molecule has 10 unspecified atom stereocenters. The number of aliphatic hydroxyl groups excluding tert-OH is 17. The lowest BCUT2D eigenvalue weighted by Gasteiger charge is -2.64. The van der Waals surface area contributed by atoms with Crippen molar-refractivity contribution >= 4 is 5.97 Å². The summed E-state index contributed by atoms with van der Waals surface area (Å²) in [7, 11) is 0. The van der Waals surface area contributed by atoms with Crippen molar-refractivity contribution in [3.05, 3.63) is 12.2 Å². The smallest absolute Gasteiger partial charge is 0.314 e. The molecule has 0 amide bonds. The van der Waals surface area contributed by atoms with E-state index in [2.05, 4.69) is 13.5 Å². The molecule has 5 saturated heterocycles. The Labute approximate surface area is 448 Å². The summed E-state index contributed by atoms with van der Waals surface area (Å²) < 4.78 is 59.7. The summed E-state index contributed by atoms with van der Waals surface area (Å²) in [5.41, 5.74) is -2.70. The molecule has 1 spiro atoms. The van der Waals surface area contributed by atoms with Gasteiger partial charge in [0.2, 0.25) is 6.29 Å². The zero-order chi connectivity index (χ0) is 56.7.